The topological polar surface area (TPSA) is 63.8 Å². The predicted molar refractivity (Wildman–Crippen MR) is 74.1 cm³/mol. The highest BCUT2D eigenvalue weighted by Crippen LogP contribution is 2.29. The Labute approximate surface area is 120 Å². The van der Waals surface area contributed by atoms with E-state index in [0.717, 1.165) is 10.6 Å². The van der Waals surface area contributed by atoms with Crippen molar-refractivity contribution in [2.24, 2.45) is 5.84 Å². The lowest BCUT2D eigenvalue weighted by Crippen LogP contribution is -2.30. The number of hydrogen-bond donors (Lipinski definition) is 2. The van der Waals surface area contributed by atoms with Gasteiger partial charge in [-0.25, -0.2) is 8.78 Å². The standard InChI is InChI=1S/C13H16F2N4S/c1-7(2)12-13(20-19-18-12)11(17-16)6-8-9(14)4-3-5-10(8)15/h3-5,7,11,17H,6,16H2,1-2H3. The third-order valence-corrected chi connectivity index (χ3v) is 3.93. The van der Waals surface area contributed by atoms with E-state index >= 15 is 0 Å². The van der Waals surface area contributed by atoms with E-state index in [1.165, 1.54) is 29.7 Å². The van der Waals surface area contributed by atoms with E-state index in [-0.39, 0.29) is 17.9 Å². The quantitative estimate of drug-likeness (QED) is 0.658. The second-order valence-electron chi connectivity index (χ2n) is 4.80. The average molecular weight is 298 g/mol. The molecule has 1 unspecified atom stereocenters. The summed E-state index contributed by atoms with van der Waals surface area (Å²) in [6.45, 7) is 3.97. The van der Waals surface area contributed by atoms with E-state index in [1.807, 2.05) is 13.8 Å². The molecule has 1 atom stereocenters. The monoisotopic (exact) mass is 298 g/mol. The lowest BCUT2D eigenvalue weighted by atomic mass is 10.00. The number of benzene rings is 1. The van der Waals surface area contributed by atoms with Gasteiger partial charge in [0.2, 0.25) is 0 Å². The van der Waals surface area contributed by atoms with E-state index in [9.17, 15) is 8.78 Å². The first-order chi connectivity index (χ1) is 9.54. The molecule has 20 heavy (non-hydrogen) atoms. The Morgan fingerprint density at radius 3 is 2.50 bits per heavy atom. The summed E-state index contributed by atoms with van der Waals surface area (Å²) in [7, 11) is 0. The summed E-state index contributed by atoms with van der Waals surface area (Å²) in [5.41, 5.74) is 3.41. The maximum absolute atomic E-state index is 13.7. The molecule has 2 rings (SSSR count). The number of nitrogens with zero attached hydrogens (tertiary/aromatic N) is 2. The number of nitrogens with one attached hydrogen (secondary N) is 1. The van der Waals surface area contributed by atoms with E-state index in [0.29, 0.717) is 0 Å². The molecule has 1 aromatic heterocycles. The Bertz CT molecular complexity index is 565. The zero-order valence-corrected chi connectivity index (χ0v) is 12.0. The molecule has 0 saturated carbocycles. The van der Waals surface area contributed by atoms with Crippen molar-refractivity contribution >= 4 is 11.5 Å². The molecular weight excluding hydrogens is 282 g/mol. The van der Waals surface area contributed by atoms with Gasteiger partial charge in [-0.2, -0.15) is 0 Å². The molecule has 108 valence electrons. The van der Waals surface area contributed by atoms with Gasteiger partial charge in [-0.3, -0.25) is 11.3 Å². The van der Waals surface area contributed by atoms with Gasteiger partial charge in [0.15, 0.2) is 0 Å². The lowest BCUT2D eigenvalue weighted by Gasteiger charge is -2.17. The molecule has 0 radical (unpaired) electrons. The maximum Gasteiger partial charge on any atom is 0.129 e. The summed E-state index contributed by atoms with van der Waals surface area (Å²) in [4.78, 5) is 0.810. The van der Waals surface area contributed by atoms with Gasteiger partial charge in [0.25, 0.3) is 0 Å². The summed E-state index contributed by atoms with van der Waals surface area (Å²) in [6, 6.07) is 3.40. The first-order valence-electron chi connectivity index (χ1n) is 6.25. The average Bonchev–Trinajstić information content (AvgIpc) is 2.88. The molecule has 0 saturated heterocycles. The maximum atomic E-state index is 13.7. The number of rotatable bonds is 5. The first kappa shape index (κ1) is 15.0. The molecule has 0 aliphatic carbocycles. The van der Waals surface area contributed by atoms with Crippen LogP contribution >= 0.6 is 11.5 Å². The lowest BCUT2D eigenvalue weighted by molar-refractivity contribution is 0.500. The SMILES string of the molecule is CC(C)c1nnsc1C(Cc1c(F)cccc1F)NN. The van der Waals surface area contributed by atoms with Crippen molar-refractivity contribution in [1.82, 2.24) is 15.0 Å². The third kappa shape index (κ3) is 3.00. The molecule has 7 heteroatoms. The highest BCUT2D eigenvalue weighted by molar-refractivity contribution is 7.05. The van der Waals surface area contributed by atoms with Crippen LogP contribution < -0.4 is 11.3 Å². The fraction of sp³-hybridized carbons (Fsp3) is 0.385. The van der Waals surface area contributed by atoms with Gasteiger partial charge in [0.1, 0.15) is 11.6 Å². The summed E-state index contributed by atoms with van der Waals surface area (Å²) in [5.74, 6) is 4.56. The molecular formula is C13H16F2N4S. The van der Waals surface area contributed by atoms with E-state index < -0.39 is 17.7 Å². The molecule has 0 spiro atoms. The minimum atomic E-state index is -0.575. The minimum Gasteiger partial charge on any atom is -0.271 e. The zero-order chi connectivity index (χ0) is 14.7. The fourth-order valence-corrected chi connectivity index (χ4v) is 2.87. The zero-order valence-electron chi connectivity index (χ0n) is 11.2. The minimum absolute atomic E-state index is 0.0126. The van der Waals surface area contributed by atoms with Gasteiger partial charge in [0.05, 0.1) is 16.6 Å². The Morgan fingerprint density at radius 1 is 1.30 bits per heavy atom. The van der Waals surface area contributed by atoms with Crippen molar-refractivity contribution in [3.63, 3.8) is 0 Å². The Kier molecular flexibility index (Phi) is 4.74. The largest absolute Gasteiger partial charge is 0.271 e. The van der Waals surface area contributed by atoms with Crippen molar-refractivity contribution in [2.45, 2.75) is 32.2 Å². The van der Waals surface area contributed by atoms with Gasteiger partial charge >= 0.3 is 0 Å². The summed E-state index contributed by atoms with van der Waals surface area (Å²) in [5, 5.41) is 4.06. The Hall–Kier alpha value is -1.44. The number of nitrogens with two attached hydrogens (primary N) is 1. The van der Waals surface area contributed by atoms with Crippen LogP contribution in [-0.4, -0.2) is 9.59 Å². The van der Waals surface area contributed by atoms with Crippen molar-refractivity contribution in [1.29, 1.82) is 0 Å². The Morgan fingerprint density at radius 2 is 1.95 bits per heavy atom. The first-order valence-corrected chi connectivity index (χ1v) is 7.03. The normalized spacial score (nSPS) is 12.9. The van der Waals surface area contributed by atoms with Crippen LogP contribution in [0.5, 0.6) is 0 Å². The van der Waals surface area contributed by atoms with Crippen LogP contribution in [0, 0.1) is 11.6 Å². The number of halogens is 2. The second kappa shape index (κ2) is 6.34. The van der Waals surface area contributed by atoms with E-state index in [1.54, 1.807) is 0 Å². The van der Waals surface area contributed by atoms with Crippen LogP contribution in [0.2, 0.25) is 0 Å². The summed E-state index contributed by atoms with van der Waals surface area (Å²) in [6.07, 6.45) is 0.110. The van der Waals surface area contributed by atoms with Gasteiger partial charge in [-0.15, -0.1) is 5.10 Å². The summed E-state index contributed by atoms with van der Waals surface area (Å²) < 4.78 is 31.3. The molecule has 2 aromatic rings. The second-order valence-corrected chi connectivity index (χ2v) is 5.59. The number of aromatic nitrogens is 2. The number of hydrogen-bond acceptors (Lipinski definition) is 5. The smallest absolute Gasteiger partial charge is 0.129 e. The van der Waals surface area contributed by atoms with Crippen LogP contribution in [0.1, 0.15) is 41.9 Å². The van der Waals surface area contributed by atoms with E-state index in [4.69, 9.17) is 5.84 Å². The third-order valence-electron chi connectivity index (χ3n) is 3.07. The molecule has 0 amide bonds. The van der Waals surface area contributed by atoms with Crippen LogP contribution in [0.4, 0.5) is 8.78 Å². The molecule has 4 nitrogen and oxygen atoms in total. The van der Waals surface area contributed by atoms with Crippen molar-refractivity contribution in [3.8, 4) is 0 Å². The summed E-state index contributed by atoms with van der Waals surface area (Å²) >= 11 is 1.19. The van der Waals surface area contributed by atoms with Gasteiger partial charge in [0, 0.05) is 5.56 Å². The molecule has 0 aliphatic heterocycles. The van der Waals surface area contributed by atoms with Crippen molar-refractivity contribution < 1.29 is 8.78 Å². The van der Waals surface area contributed by atoms with E-state index in [2.05, 4.69) is 15.0 Å². The molecule has 0 bridgehead atoms. The predicted octanol–water partition coefficient (Wildman–Crippen LogP) is 2.69. The van der Waals surface area contributed by atoms with Crippen LogP contribution in [0.15, 0.2) is 18.2 Å². The van der Waals surface area contributed by atoms with Crippen LogP contribution in [0.3, 0.4) is 0 Å². The van der Waals surface area contributed by atoms with Gasteiger partial charge < -0.3 is 0 Å². The van der Waals surface area contributed by atoms with Gasteiger partial charge in [-0.05, 0) is 36.0 Å². The van der Waals surface area contributed by atoms with Crippen LogP contribution in [-0.2, 0) is 6.42 Å². The van der Waals surface area contributed by atoms with Crippen molar-refractivity contribution in [3.05, 3.63) is 46.0 Å². The molecule has 0 aliphatic rings. The fourth-order valence-electron chi connectivity index (χ4n) is 2.01. The van der Waals surface area contributed by atoms with Crippen molar-refractivity contribution in [2.75, 3.05) is 0 Å². The Balaban J connectivity index is 2.32. The molecule has 1 heterocycles. The molecule has 0 fully saturated rings. The number of hydrazine groups is 1. The van der Waals surface area contributed by atoms with Gasteiger partial charge in [-0.1, -0.05) is 24.4 Å². The highest BCUT2D eigenvalue weighted by atomic mass is 32.1. The highest BCUT2D eigenvalue weighted by Gasteiger charge is 2.23. The van der Waals surface area contributed by atoms with Crippen LogP contribution in [0.25, 0.3) is 0 Å². The molecule has 3 N–H and O–H groups in total. The molecule has 1 aromatic carbocycles.